The second-order valence-corrected chi connectivity index (χ2v) is 7.54. The first kappa shape index (κ1) is 19.0. The summed E-state index contributed by atoms with van der Waals surface area (Å²) in [6.07, 6.45) is 7.49. The molecular formula is C21H27ClN2O2. The minimum atomic E-state index is -0.158. The van der Waals surface area contributed by atoms with Gasteiger partial charge in [-0.1, -0.05) is 49.9 Å². The third-order valence-corrected chi connectivity index (χ3v) is 5.44. The molecule has 26 heavy (non-hydrogen) atoms. The van der Waals surface area contributed by atoms with Crippen LogP contribution < -0.4 is 0 Å². The fourth-order valence-electron chi connectivity index (χ4n) is 3.75. The number of benzene rings is 1. The summed E-state index contributed by atoms with van der Waals surface area (Å²) in [6.45, 7) is 4.34. The minimum absolute atomic E-state index is 0.127. The first-order chi connectivity index (χ1) is 12.6. The highest BCUT2D eigenvalue weighted by Gasteiger charge is 2.41. The van der Waals surface area contributed by atoms with Crippen molar-refractivity contribution in [2.45, 2.75) is 51.9 Å². The monoisotopic (exact) mass is 374 g/mol. The van der Waals surface area contributed by atoms with Gasteiger partial charge in [0.15, 0.2) is 0 Å². The predicted octanol–water partition coefficient (Wildman–Crippen LogP) is 4.49. The van der Waals surface area contributed by atoms with Gasteiger partial charge >= 0.3 is 0 Å². The maximum Gasteiger partial charge on any atom is 0.277 e. The van der Waals surface area contributed by atoms with Gasteiger partial charge in [0.2, 0.25) is 0 Å². The van der Waals surface area contributed by atoms with Crippen LogP contribution >= 0.6 is 11.6 Å². The first-order valence-electron chi connectivity index (χ1n) is 9.75. The summed E-state index contributed by atoms with van der Waals surface area (Å²) in [5.74, 6) is -0.284. The number of carbonyl (C=O) groups excluding carboxylic acids is 2. The van der Waals surface area contributed by atoms with Crippen LogP contribution in [0.15, 0.2) is 30.0 Å². The lowest BCUT2D eigenvalue weighted by Gasteiger charge is -2.29. The lowest BCUT2D eigenvalue weighted by molar-refractivity contribution is -0.137. The maximum absolute atomic E-state index is 13.1. The summed E-state index contributed by atoms with van der Waals surface area (Å²) in [7, 11) is 0. The largest absolute Gasteiger partial charge is 0.366 e. The molecule has 0 saturated carbocycles. The van der Waals surface area contributed by atoms with Crippen molar-refractivity contribution in [3.63, 3.8) is 0 Å². The SMILES string of the molecule is CCCCCCN1C(=O)C(c2ccc(Cl)cc2)=C(N2CCCCC2)C1=O. The van der Waals surface area contributed by atoms with Gasteiger partial charge in [0, 0.05) is 24.7 Å². The molecule has 0 bridgehead atoms. The zero-order chi connectivity index (χ0) is 18.5. The molecule has 0 spiro atoms. The molecule has 0 unspecified atom stereocenters. The number of halogens is 1. The molecule has 4 nitrogen and oxygen atoms in total. The molecular weight excluding hydrogens is 348 g/mol. The molecule has 1 saturated heterocycles. The van der Waals surface area contributed by atoms with Crippen molar-refractivity contribution in [3.05, 3.63) is 40.5 Å². The van der Waals surface area contributed by atoms with Gasteiger partial charge < -0.3 is 4.90 Å². The molecule has 5 heteroatoms. The van der Waals surface area contributed by atoms with E-state index in [0.29, 0.717) is 22.8 Å². The molecule has 0 aliphatic carbocycles. The Morgan fingerprint density at radius 1 is 0.923 bits per heavy atom. The van der Waals surface area contributed by atoms with Crippen molar-refractivity contribution in [1.82, 2.24) is 9.80 Å². The van der Waals surface area contributed by atoms with E-state index in [1.807, 2.05) is 12.1 Å². The molecule has 3 rings (SSSR count). The number of piperidine rings is 1. The number of imide groups is 1. The second kappa shape index (κ2) is 8.72. The molecule has 1 fully saturated rings. The zero-order valence-corrected chi connectivity index (χ0v) is 16.2. The zero-order valence-electron chi connectivity index (χ0n) is 15.5. The summed E-state index contributed by atoms with van der Waals surface area (Å²) in [4.78, 5) is 29.8. The van der Waals surface area contributed by atoms with Gasteiger partial charge in [0.25, 0.3) is 11.8 Å². The molecule has 0 N–H and O–H groups in total. The molecule has 2 heterocycles. The van der Waals surface area contributed by atoms with Crippen molar-refractivity contribution in [2.75, 3.05) is 19.6 Å². The highest BCUT2D eigenvalue weighted by atomic mass is 35.5. The molecule has 0 atom stereocenters. The van der Waals surface area contributed by atoms with Crippen LogP contribution in [0.1, 0.15) is 57.4 Å². The molecule has 0 aromatic heterocycles. The minimum Gasteiger partial charge on any atom is -0.366 e. The van der Waals surface area contributed by atoms with E-state index in [4.69, 9.17) is 11.6 Å². The molecule has 2 aliphatic rings. The number of nitrogens with zero attached hydrogens (tertiary/aromatic N) is 2. The van der Waals surface area contributed by atoms with Crippen LogP contribution in [-0.4, -0.2) is 41.2 Å². The van der Waals surface area contributed by atoms with Gasteiger partial charge in [-0.05, 0) is 43.4 Å². The van der Waals surface area contributed by atoms with E-state index in [-0.39, 0.29) is 11.8 Å². The Kier molecular flexibility index (Phi) is 6.36. The van der Waals surface area contributed by atoms with Crippen LogP contribution in [0.25, 0.3) is 5.57 Å². The Hall–Kier alpha value is -1.81. The van der Waals surface area contributed by atoms with Crippen molar-refractivity contribution in [2.24, 2.45) is 0 Å². The summed E-state index contributed by atoms with van der Waals surface area (Å²) in [5, 5.41) is 0.627. The maximum atomic E-state index is 13.1. The molecule has 0 radical (unpaired) electrons. The third-order valence-electron chi connectivity index (χ3n) is 5.18. The van der Waals surface area contributed by atoms with Crippen LogP contribution in [-0.2, 0) is 9.59 Å². The predicted molar refractivity (Wildman–Crippen MR) is 105 cm³/mol. The lowest BCUT2D eigenvalue weighted by atomic mass is 10.0. The number of hydrogen-bond donors (Lipinski definition) is 0. The number of amides is 2. The van der Waals surface area contributed by atoms with Crippen molar-refractivity contribution in [1.29, 1.82) is 0 Å². The number of likely N-dealkylation sites (tertiary alicyclic amines) is 1. The highest BCUT2D eigenvalue weighted by molar-refractivity contribution is 6.36. The standard InChI is InChI=1S/C21H27ClN2O2/c1-2-3-4-8-15-24-20(25)18(16-9-11-17(22)12-10-16)19(21(24)26)23-13-6-5-7-14-23/h9-12H,2-8,13-15H2,1H3. The van der Waals surface area contributed by atoms with Crippen LogP contribution in [0.5, 0.6) is 0 Å². The lowest BCUT2D eigenvalue weighted by Crippen LogP contribution is -2.37. The van der Waals surface area contributed by atoms with E-state index in [1.165, 1.54) is 11.3 Å². The smallest absolute Gasteiger partial charge is 0.277 e. The van der Waals surface area contributed by atoms with Crippen LogP contribution in [0.2, 0.25) is 5.02 Å². The van der Waals surface area contributed by atoms with E-state index in [0.717, 1.165) is 57.2 Å². The van der Waals surface area contributed by atoms with E-state index < -0.39 is 0 Å². The van der Waals surface area contributed by atoms with Gasteiger partial charge in [0.05, 0.1) is 5.57 Å². The van der Waals surface area contributed by atoms with E-state index in [1.54, 1.807) is 12.1 Å². The topological polar surface area (TPSA) is 40.6 Å². The molecule has 1 aromatic rings. The summed E-state index contributed by atoms with van der Waals surface area (Å²) >= 11 is 6.01. The quantitative estimate of drug-likeness (QED) is 0.521. The van der Waals surface area contributed by atoms with Crippen molar-refractivity contribution >= 4 is 29.0 Å². The van der Waals surface area contributed by atoms with Crippen molar-refractivity contribution in [3.8, 4) is 0 Å². The Balaban J connectivity index is 1.90. The first-order valence-corrected chi connectivity index (χ1v) is 10.1. The third kappa shape index (κ3) is 3.96. The molecule has 2 amide bonds. The van der Waals surface area contributed by atoms with E-state index in [9.17, 15) is 9.59 Å². The van der Waals surface area contributed by atoms with Gasteiger partial charge in [-0.3, -0.25) is 14.5 Å². The number of hydrogen-bond acceptors (Lipinski definition) is 3. The summed E-state index contributed by atoms with van der Waals surface area (Å²) in [5.41, 5.74) is 1.92. The molecule has 2 aliphatic heterocycles. The Labute approximate surface area is 160 Å². The second-order valence-electron chi connectivity index (χ2n) is 7.10. The number of rotatable bonds is 7. The normalized spacial score (nSPS) is 18.2. The van der Waals surface area contributed by atoms with Crippen molar-refractivity contribution < 1.29 is 9.59 Å². The van der Waals surface area contributed by atoms with Gasteiger partial charge in [-0.2, -0.15) is 0 Å². The van der Waals surface area contributed by atoms with E-state index in [2.05, 4.69) is 11.8 Å². The highest BCUT2D eigenvalue weighted by Crippen LogP contribution is 2.33. The molecule has 140 valence electrons. The number of carbonyl (C=O) groups is 2. The number of unbranched alkanes of at least 4 members (excludes halogenated alkanes) is 3. The Bertz CT molecular complexity index is 690. The average Bonchev–Trinajstić information content (AvgIpc) is 2.91. The van der Waals surface area contributed by atoms with Gasteiger partial charge in [-0.25, -0.2) is 0 Å². The Morgan fingerprint density at radius 2 is 1.62 bits per heavy atom. The summed E-state index contributed by atoms with van der Waals surface area (Å²) < 4.78 is 0. The Morgan fingerprint density at radius 3 is 2.27 bits per heavy atom. The summed E-state index contributed by atoms with van der Waals surface area (Å²) in [6, 6.07) is 7.24. The average molecular weight is 375 g/mol. The van der Waals surface area contributed by atoms with Crippen LogP contribution in [0.3, 0.4) is 0 Å². The van der Waals surface area contributed by atoms with Crippen LogP contribution in [0, 0.1) is 0 Å². The van der Waals surface area contributed by atoms with Gasteiger partial charge in [0.1, 0.15) is 5.70 Å². The van der Waals surface area contributed by atoms with Crippen LogP contribution in [0.4, 0.5) is 0 Å². The molecule has 1 aromatic carbocycles. The fourth-order valence-corrected chi connectivity index (χ4v) is 3.88. The van der Waals surface area contributed by atoms with Gasteiger partial charge in [-0.15, -0.1) is 0 Å². The van der Waals surface area contributed by atoms with E-state index >= 15 is 0 Å². The fraction of sp³-hybridized carbons (Fsp3) is 0.524.